The maximum Gasteiger partial charge on any atom is 0.338 e. The molecule has 7 heteroatoms. The van der Waals surface area contributed by atoms with Crippen molar-refractivity contribution in [3.63, 3.8) is 0 Å². The smallest absolute Gasteiger partial charge is 0.338 e. The molecule has 0 amide bonds. The minimum Gasteiger partial charge on any atom is -0.469 e. The number of methoxy groups -OCH3 is 1. The first kappa shape index (κ1) is 30.8. The molecule has 0 N–H and O–H groups in total. The lowest BCUT2D eigenvalue weighted by Crippen LogP contribution is -2.26. The van der Waals surface area contributed by atoms with Crippen LogP contribution in [-0.2, 0) is 23.8 Å². The van der Waals surface area contributed by atoms with Crippen LogP contribution >= 0.6 is 0 Å². The molecule has 0 spiro atoms. The fourth-order valence-electron chi connectivity index (χ4n) is 5.15. The molecule has 1 aliphatic carbocycles. The second-order valence-electron chi connectivity index (χ2n) is 10.2. The van der Waals surface area contributed by atoms with Gasteiger partial charge in [0.25, 0.3) is 0 Å². The van der Waals surface area contributed by atoms with Crippen molar-refractivity contribution >= 4 is 23.7 Å². The average molecular weight is 549 g/mol. The summed E-state index contributed by atoms with van der Waals surface area (Å²) in [6.07, 6.45) is 8.16. The number of ether oxygens (including phenoxy) is 3. The predicted octanol–water partition coefficient (Wildman–Crippen LogP) is 6.51. The molecule has 2 aromatic rings. The number of rotatable bonds is 15. The van der Waals surface area contributed by atoms with E-state index < -0.39 is 24.1 Å². The number of carbonyl (C=O) groups is 4. The molecule has 1 aliphatic rings. The molecule has 0 heterocycles. The lowest BCUT2D eigenvalue weighted by atomic mass is 9.87. The Kier molecular flexibility index (Phi) is 12.6. The van der Waals surface area contributed by atoms with Crippen LogP contribution in [0.1, 0.15) is 85.4 Å². The van der Waals surface area contributed by atoms with Crippen LogP contribution in [0, 0.1) is 11.8 Å². The highest BCUT2D eigenvalue weighted by Gasteiger charge is 2.46. The van der Waals surface area contributed by atoms with E-state index in [0.717, 1.165) is 19.3 Å². The molecule has 0 saturated heterocycles. The number of hydrogen-bond donors (Lipinski definition) is 0. The quantitative estimate of drug-likeness (QED) is 0.108. The van der Waals surface area contributed by atoms with Gasteiger partial charge >= 0.3 is 17.9 Å². The zero-order valence-electron chi connectivity index (χ0n) is 23.5. The van der Waals surface area contributed by atoms with Crippen molar-refractivity contribution in [3.8, 4) is 0 Å². The molecule has 0 bridgehead atoms. The fraction of sp³-hybridized carbons (Fsp3) is 0.455. The predicted molar refractivity (Wildman–Crippen MR) is 152 cm³/mol. The van der Waals surface area contributed by atoms with Gasteiger partial charge in [-0.1, -0.05) is 68.7 Å². The average Bonchev–Trinajstić information content (AvgIpc) is 3.29. The van der Waals surface area contributed by atoms with Crippen LogP contribution in [0.4, 0.5) is 0 Å². The van der Waals surface area contributed by atoms with Gasteiger partial charge in [0.2, 0.25) is 0 Å². The number of esters is 3. The summed E-state index contributed by atoms with van der Waals surface area (Å²) >= 11 is 0. The van der Waals surface area contributed by atoms with E-state index in [1.165, 1.54) is 7.11 Å². The van der Waals surface area contributed by atoms with E-state index in [4.69, 9.17) is 14.2 Å². The molecule has 1 fully saturated rings. The second kappa shape index (κ2) is 16.4. The lowest BCUT2D eigenvalue weighted by Gasteiger charge is -2.24. The van der Waals surface area contributed by atoms with Gasteiger partial charge in [-0.3, -0.25) is 9.59 Å². The van der Waals surface area contributed by atoms with Crippen molar-refractivity contribution in [2.75, 3.05) is 7.11 Å². The summed E-state index contributed by atoms with van der Waals surface area (Å²) in [4.78, 5) is 50.3. The first-order valence-electron chi connectivity index (χ1n) is 14.2. The molecule has 2 aromatic carbocycles. The Morgan fingerprint density at radius 2 is 1.35 bits per heavy atom. The van der Waals surface area contributed by atoms with Crippen molar-refractivity contribution < 1.29 is 33.4 Å². The summed E-state index contributed by atoms with van der Waals surface area (Å²) < 4.78 is 16.7. The summed E-state index contributed by atoms with van der Waals surface area (Å²) in [5, 5.41) is 0. The maximum absolute atomic E-state index is 13.0. The maximum atomic E-state index is 13.0. The van der Waals surface area contributed by atoms with Crippen LogP contribution in [0.2, 0.25) is 0 Å². The van der Waals surface area contributed by atoms with Crippen LogP contribution in [0.25, 0.3) is 0 Å². The van der Waals surface area contributed by atoms with Gasteiger partial charge in [-0.15, -0.1) is 0 Å². The Morgan fingerprint density at radius 1 is 0.775 bits per heavy atom. The van der Waals surface area contributed by atoms with E-state index in [1.807, 2.05) is 18.2 Å². The van der Waals surface area contributed by atoms with Crippen molar-refractivity contribution in [1.29, 1.82) is 0 Å². The third-order valence-corrected chi connectivity index (χ3v) is 7.33. The van der Waals surface area contributed by atoms with Crippen molar-refractivity contribution in [3.05, 3.63) is 83.9 Å². The van der Waals surface area contributed by atoms with E-state index in [9.17, 15) is 19.2 Å². The van der Waals surface area contributed by atoms with Crippen molar-refractivity contribution in [2.24, 2.45) is 11.8 Å². The lowest BCUT2D eigenvalue weighted by molar-refractivity contribution is -0.140. The molecule has 40 heavy (non-hydrogen) atoms. The highest BCUT2D eigenvalue weighted by Crippen LogP contribution is 2.41. The summed E-state index contributed by atoms with van der Waals surface area (Å²) in [5.74, 6) is -1.68. The number of unbranched alkanes of at least 4 members (excludes halogenated alkanes) is 3. The molecular weight excluding hydrogens is 508 g/mol. The normalized spacial score (nSPS) is 20.2. The Bertz CT molecular complexity index is 1130. The minimum atomic E-state index is -0.577. The molecule has 3 rings (SSSR count). The van der Waals surface area contributed by atoms with Crippen molar-refractivity contribution in [1.82, 2.24) is 0 Å². The van der Waals surface area contributed by atoms with Crippen LogP contribution in [0.15, 0.2) is 72.8 Å². The van der Waals surface area contributed by atoms with E-state index in [-0.39, 0.29) is 23.6 Å². The molecule has 1 saturated carbocycles. The Labute approximate surface area is 236 Å². The van der Waals surface area contributed by atoms with E-state index in [2.05, 4.69) is 6.92 Å². The Balaban J connectivity index is 1.83. The minimum absolute atomic E-state index is 0.0238. The molecule has 0 aliphatic heterocycles. The fourth-order valence-corrected chi connectivity index (χ4v) is 5.15. The second-order valence-corrected chi connectivity index (χ2v) is 10.2. The number of hydrogen-bond acceptors (Lipinski definition) is 7. The zero-order chi connectivity index (χ0) is 28.7. The largest absolute Gasteiger partial charge is 0.469 e. The zero-order valence-corrected chi connectivity index (χ0v) is 23.5. The molecule has 4 atom stereocenters. The van der Waals surface area contributed by atoms with Gasteiger partial charge in [-0.25, -0.2) is 9.59 Å². The SMILES string of the molecule is CCCCCC(=O)/C=C/[C@H]1[C@@H](CCCCC(=O)OC)[C@H](OC(=O)c2ccccc2)C[C@@H]1OC(=O)c1ccccc1. The van der Waals surface area contributed by atoms with Crippen LogP contribution in [-0.4, -0.2) is 43.0 Å². The molecule has 0 radical (unpaired) electrons. The van der Waals surface area contributed by atoms with Gasteiger partial charge in [0.1, 0.15) is 12.2 Å². The highest BCUT2D eigenvalue weighted by atomic mass is 16.6. The molecule has 7 nitrogen and oxygen atoms in total. The van der Waals surface area contributed by atoms with Gasteiger partial charge in [0.15, 0.2) is 5.78 Å². The van der Waals surface area contributed by atoms with Gasteiger partial charge < -0.3 is 14.2 Å². The van der Waals surface area contributed by atoms with Crippen LogP contribution in [0.3, 0.4) is 0 Å². The van der Waals surface area contributed by atoms with Crippen LogP contribution in [0.5, 0.6) is 0 Å². The molecule has 0 unspecified atom stereocenters. The topological polar surface area (TPSA) is 96.0 Å². The summed E-state index contributed by atoms with van der Waals surface area (Å²) in [7, 11) is 1.36. The first-order valence-corrected chi connectivity index (χ1v) is 14.2. The summed E-state index contributed by atoms with van der Waals surface area (Å²) in [6.45, 7) is 2.09. The van der Waals surface area contributed by atoms with Gasteiger partial charge in [0.05, 0.1) is 18.2 Å². The number of ketones is 1. The Hall–Kier alpha value is -3.74. The molecule has 214 valence electrons. The number of allylic oxidation sites excluding steroid dienone is 1. The van der Waals surface area contributed by atoms with E-state index >= 15 is 0 Å². The van der Waals surface area contributed by atoms with Crippen molar-refractivity contribution in [2.45, 2.75) is 76.9 Å². The molecular formula is C33H40O7. The van der Waals surface area contributed by atoms with E-state index in [0.29, 0.717) is 49.7 Å². The Morgan fingerprint density at radius 3 is 1.93 bits per heavy atom. The van der Waals surface area contributed by atoms with Gasteiger partial charge in [0, 0.05) is 31.1 Å². The van der Waals surface area contributed by atoms with E-state index in [1.54, 1.807) is 54.6 Å². The third-order valence-electron chi connectivity index (χ3n) is 7.33. The standard InChI is InChI=1S/C33H40O7/c1-3-4-7-18-26(34)21-22-28-27(19-12-13-20-31(35)38-2)29(39-32(36)24-14-8-5-9-15-24)23-30(28)40-33(37)25-16-10-6-11-17-25/h5-6,8-11,14-17,21-22,27-30H,3-4,7,12-13,18-20,23H2,1-2H3/b22-21+/t27-,28+,29-,30+/m1/s1. The highest BCUT2D eigenvalue weighted by molar-refractivity contribution is 5.90. The van der Waals surface area contributed by atoms with Gasteiger partial charge in [-0.2, -0.15) is 0 Å². The number of benzene rings is 2. The monoisotopic (exact) mass is 548 g/mol. The summed E-state index contributed by atoms with van der Waals surface area (Å²) in [5.41, 5.74) is 0.870. The van der Waals surface area contributed by atoms with Crippen LogP contribution < -0.4 is 0 Å². The molecule has 0 aromatic heterocycles. The summed E-state index contributed by atoms with van der Waals surface area (Å²) in [6, 6.07) is 17.5. The van der Waals surface area contributed by atoms with Gasteiger partial charge in [-0.05, 0) is 49.6 Å². The first-order chi connectivity index (χ1) is 19.4. The number of carbonyl (C=O) groups excluding carboxylic acids is 4. The third kappa shape index (κ3) is 9.47.